The molecule has 0 N–H and O–H groups in total. The van der Waals surface area contributed by atoms with Gasteiger partial charge in [0.05, 0.1) is 6.61 Å². The van der Waals surface area contributed by atoms with Gasteiger partial charge in [0, 0.05) is 18.2 Å². The molecule has 1 fully saturated rings. The Bertz CT molecular complexity index is 426. The molecule has 1 aliphatic heterocycles. The predicted octanol–water partition coefficient (Wildman–Crippen LogP) is 3.72. The lowest BCUT2D eigenvalue weighted by Crippen LogP contribution is -2.28. The monoisotopic (exact) mass is 270 g/mol. The summed E-state index contributed by atoms with van der Waals surface area (Å²) in [5.41, 5.74) is 0.595. The van der Waals surface area contributed by atoms with Crippen molar-refractivity contribution in [3.63, 3.8) is 0 Å². The van der Waals surface area contributed by atoms with E-state index >= 15 is 0 Å². The average Bonchev–Trinajstić information content (AvgIpc) is 2.34. The van der Waals surface area contributed by atoms with E-state index in [1.165, 1.54) is 6.07 Å². The molecule has 4 heteroatoms. The van der Waals surface area contributed by atoms with Gasteiger partial charge in [-0.15, -0.1) is 0 Å². The topological polar surface area (TPSA) is 18.5 Å². The maximum Gasteiger partial charge on any atom is 0.168 e. The molecular formula is C15H20F2O2. The highest BCUT2D eigenvalue weighted by atomic mass is 19.1. The second kappa shape index (κ2) is 6.33. The van der Waals surface area contributed by atoms with Crippen LogP contribution >= 0.6 is 0 Å². The van der Waals surface area contributed by atoms with E-state index in [0.29, 0.717) is 24.5 Å². The zero-order valence-electron chi connectivity index (χ0n) is 11.4. The van der Waals surface area contributed by atoms with Crippen LogP contribution in [0.4, 0.5) is 8.78 Å². The molecule has 0 radical (unpaired) electrons. The van der Waals surface area contributed by atoms with Gasteiger partial charge in [0.25, 0.3) is 0 Å². The first-order valence-electron chi connectivity index (χ1n) is 6.78. The predicted molar refractivity (Wildman–Crippen MR) is 69.4 cm³/mol. The molecule has 1 heterocycles. The van der Waals surface area contributed by atoms with Crippen LogP contribution in [0.15, 0.2) is 12.1 Å². The zero-order chi connectivity index (χ0) is 13.8. The molecule has 1 saturated heterocycles. The van der Waals surface area contributed by atoms with Crippen molar-refractivity contribution in [1.82, 2.24) is 0 Å². The lowest BCUT2D eigenvalue weighted by atomic mass is 10.0. The second-order valence-corrected chi connectivity index (χ2v) is 5.43. The minimum absolute atomic E-state index is 0.139. The van der Waals surface area contributed by atoms with Gasteiger partial charge >= 0.3 is 0 Å². The van der Waals surface area contributed by atoms with E-state index in [2.05, 4.69) is 0 Å². The van der Waals surface area contributed by atoms with E-state index in [1.54, 1.807) is 0 Å². The summed E-state index contributed by atoms with van der Waals surface area (Å²) in [5, 5.41) is 0. The molecule has 0 amide bonds. The molecule has 0 spiro atoms. The van der Waals surface area contributed by atoms with E-state index in [4.69, 9.17) is 9.47 Å². The first-order chi connectivity index (χ1) is 9.06. The standard InChI is InChI=1S/C15H20F2O2/c1-10(2)6-11-7-12(16)8-14(17)15(11)19-13-4-3-5-18-9-13/h7-8,10,13H,3-6,9H2,1-2H3. The first-order valence-corrected chi connectivity index (χ1v) is 6.78. The molecule has 0 saturated carbocycles. The minimum Gasteiger partial charge on any atom is -0.485 e. The molecule has 19 heavy (non-hydrogen) atoms. The maximum atomic E-state index is 13.9. The Morgan fingerprint density at radius 2 is 2.16 bits per heavy atom. The van der Waals surface area contributed by atoms with E-state index in [9.17, 15) is 8.78 Å². The van der Waals surface area contributed by atoms with Gasteiger partial charge in [-0.1, -0.05) is 13.8 Å². The Labute approximate surface area is 112 Å². The summed E-state index contributed by atoms with van der Waals surface area (Å²) in [6.07, 6.45) is 2.21. The van der Waals surface area contributed by atoms with Gasteiger partial charge in [-0.25, -0.2) is 8.78 Å². The van der Waals surface area contributed by atoms with E-state index in [-0.39, 0.29) is 11.9 Å². The van der Waals surface area contributed by atoms with Crippen LogP contribution in [0, 0.1) is 17.6 Å². The fourth-order valence-electron chi connectivity index (χ4n) is 2.31. The summed E-state index contributed by atoms with van der Waals surface area (Å²) in [5.74, 6) is -0.682. The molecule has 106 valence electrons. The van der Waals surface area contributed by atoms with Crippen molar-refractivity contribution in [3.8, 4) is 5.75 Å². The van der Waals surface area contributed by atoms with Gasteiger partial charge < -0.3 is 9.47 Å². The smallest absolute Gasteiger partial charge is 0.168 e. The molecule has 1 aromatic carbocycles. The van der Waals surface area contributed by atoms with Crippen LogP contribution in [0.2, 0.25) is 0 Å². The number of halogens is 2. The van der Waals surface area contributed by atoms with Gasteiger partial charge in [0.15, 0.2) is 11.6 Å². The maximum absolute atomic E-state index is 13.9. The highest BCUT2D eigenvalue weighted by molar-refractivity contribution is 5.36. The first kappa shape index (κ1) is 14.3. The van der Waals surface area contributed by atoms with Crippen LogP contribution in [0.1, 0.15) is 32.3 Å². The van der Waals surface area contributed by atoms with Crippen molar-refractivity contribution in [3.05, 3.63) is 29.3 Å². The van der Waals surface area contributed by atoms with Gasteiger partial charge in [-0.3, -0.25) is 0 Å². The molecular weight excluding hydrogens is 250 g/mol. The molecule has 1 aromatic rings. The van der Waals surface area contributed by atoms with Gasteiger partial charge in [-0.2, -0.15) is 0 Å². The van der Waals surface area contributed by atoms with Crippen LogP contribution in [-0.4, -0.2) is 19.3 Å². The Morgan fingerprint density at radius 3 is 2.79 bits per heavy atom. The largest absolute Gasteiger partial charge is 0.485 e. The van der Waals surface area contributed by atoms with Gasteiger partial charge in [0.2, 0.25) is 0 Å². The summed E-state index contributed by atoms with van der Waals surface area (Å²) in [7, 11) is 0. The van der Waals surface area contributed by atoms with Gasteiger partial charge in [0.1, 0.15) is 11.9 Å². The third-order valence-corrected chi connectivity index (χ3v) is 3.12. The van der Waals surface area contributed by atoms with Crippen molar-refractivity contribution in [2.75, 3.05) is 13.2 Å². The van der Waals surface area contributed by atoms with Gasteiger partial charge in [-0.05, 0) is 31.2 Å². The SMILES string of the molecule is CC(C)Cc1cc(F)cc(F)c1OC1CCCOC1. The van der Waals surface area contributed by atoms with E-state index in [1.807, 2.05) is 13.8 Å². The van der Waals surface area contributed by atoms with Crippen molar-refractivity contribution in [1.29, 1.82) is 0 Å². The number of hydrogen-bond donors (Lipinski definition) is 0. The summed E-state index contributed by atoms with van der Waals surface area (Å²) in [6, 6.07) is 2.24. The third-order valence-electron chi connectivity index (χ3n) is 3.12. The molecule has 0 aliphatic carbocycles. The van der Waals surface area contributed by atoms with Crippen molar-refractivity contribution in [2.24, 2.45) is 5.92 Å². The van der Waals surface area contributed by atoms with Crippen molar-refractivity contribution in [2.45, 2.75) is 39.2 Å². The average molecular weight is 270 g/mol. The normalized spacial score (nSPS) is 19.7. The van der Waals surface area contributed by atoms with E-state index in [0.717, 1.165) is 25.5 Å². The van der Waals surface area contributed by atoms with E-state index < -0.39 is 11.6 Å². The molecule has 2 nitrogen and oxygen atoms in total. The van der Waals surface area contributed by atoms with Crippen LogP contribution in [-0.2, 0) is 11.2 Å². The van der Waals surface area contributed by atoms with Crippen LogP contribution in [0.5, 0.6) is 5.75 Å². The summed E-state index contributed by atoms with van der Waals surface area (Å²) < 4.78 is 38.3. The number of ether oxygens (including phenoxy) is 2. The minimum atomic E-state index is -0.624. The number of benzene rings is 1. The Hall–Kier alpha value is -1.16. The zero-order valence-corrected chi connectivity index (χ0v) is 11.4. The fraction of sp³-hybridized carbons (Fsp3) is 0.600. The molecule has 1 unspecified atom stereocenters. The van der Waals surface area contributed by atoms with Crippen LogP contribution in [0.3, 0.4) is 0 Å². The molecule has 2 rings (SSSR count). The van der Waals surface area contributed by atoms with Crippen molar-refractivity contribution >= 4 is 0 Å². The molecule has 1 atom stereocenters. The van der Waals surface area contributed by atoms with Crippen LogP contribution < -0.4 is 4.74 Å². The summed E-state index contributed by atoms with van der Waals surface area (Å²) >= 11 is 0. The van der Waals surface area contributed by atoms with Crippen LogP contribution in [0.25, 0.3) is 0 Å². The Balaban J connectivity index is 2.20. The lowest BCUT2D eigenvalue weighted by Gasteiger charge is -2.25. The highest BCUT2D eigenvalue weighted by Gasteiger charge is 2.20. The lowest BCUT2D eigenvalue weighted by molar-refractivity contribution is 0.00535. The quantitative estimate of drug-likeness (QED) is 0.830. The molecule has 0 aromatic heterocycles. The highest BCUT2D eigenvalue weighted by Crippen LogP contribution is 2.29. The Kier molecular flexibility index (Phi) is 4.75. The summed E-state index contributed by atoms with van der Waals surface area (Å²) in [6.45, 7) is 5.22. The number of rotatable bonds is 4. The van der Waals surface area contributed by atoms with Crippen molar-refractivity contribution < 1.29 is 18.3 Å². The number of hydrogen-bond acceptors (Lipinski definition) is 2. The molecule has 1 aliphatic rings. The third kappa shape index (κ3) is 3.90. The Morgan fingerprint density at radius 1 is 1.37 bits per heavy atom. The molecule has 0 bridgehead atoms. The fourth-order valence-corrected chi connectivity index (χ4v) is 2.31. The second-order valence-electron chi connectivity index (χ2n) is 5.43. The summed E-state index contributed by atoms with van der Waals surface area (Å²) in [4.78, 5) is 0.